The summed E-state index contributed by atoms with van der Waals surface area (Å²) >= 11 is 0. The van der Waals surface area contributed by atoms with Gasteiger partial charge in [0.25, 0.3) is 21.9 Å². The summed E-state index contributed by atoms with van der Waals surface area (Å²) < 4.78 is 32.2. The van der Waals surface area contributed by atoms with Crippen molar-refractivity contribution in [3.05, 3.63) is 53.1 Å². The molecule has 0 bridgehead atoms. The molecule has 0 aromatic heterocycles. The van der Waals surface area contributed by atoms with Crippen molar-refractivity contribution in [3.8, 4) is 0 Å². The molecule has 10 nitrogen and oxygen atoms in total. The molecule has 4 rings (SSSR count). The van der Waals surface area contributed by atoms with E-state index in [1.165, 1.54) is 30.3 Å². The number of amides is 4. The third kappa shape index (κ3) is 3.57. The number of benzene rings is 2. The molecule has 1 fully saturated rings. The minimum Gasteiger partial charge on any atom is -0.355 e. The van der Waals surface area contributed by atoms with Crippen molar-refractivity contribution in [2.75, 3.05) is 5.32 Å². The first kappa shape index (κ1) is 20.7. The molecule has 0 radical (unpaired) electrons. The lowest BCUT2D eigenvalue weighted by molar-refractivity contribution is -0.136. The van der Waals surface area contributed by atoms with Crippen molar-refractivity contribution in [1.29, 1.82) is 0 Å². The van der Waals surface area contributed by atoms with Crippen molar-refractivity contribution in [2.24, 2.45) is 0 Å². The number of hydrogen-bond donors (Lipinski definition) is 3. The summed E-state index contributed by atoms with van der Waals surface area (Å²) in [5, 5.41) is 5.08. The number of hydrogen-bond acceptors (Lipinski definition) is 7. The van der Waals surface area contributed by atoms with Crippen LogP contribution < -0.4 is 10.6 Å². The molecule has 2 aliphatic rings. The molecule has 4 amide bonds. The molecule has 1 saturated heterocycles. The van der Waals surface area contributed by atoms with Crippen molar-refractivity contribution in [3.63, 3.8) is 0 Å². The first-order valence-electron chi connectivity index (χ1n) is 9.27. The summed E-state index contributed by atoms with van der Waals surface area (Å²) in [6, 6.07) is 7.38. The minimum atomic E-state index is -4.44. The zero-order chi connectivity index (χ0) is 22.5. The van der Waals surface area contributed by atoms with Crippen LogP contribution >= 0.6 is 0 Å². The maximum atomic E-state index is 13.1. The van der Waals surface area contributed by atoms with Gasteiger partial charge >= 0.3 is 0 Å². The highest BCUT2D eigenvalue weighted by Crippen LogP contribution is 2.34. The van der Waals surface area contributed by atoms with Crippen LogP contribution in [0.4, 0.5) is 11.4 Å². The van der Waals surface area contributed by atoms with Crippen LogP contribution in [-0.2, 0) is 19.7 Å². The summed E-state index contributed by atoms with van der Waals surface area (Å²) in [4.78, 5) is 50.1. The monoisotopic (exact) mass is 443 g/mol. The van der Waals surface area contributed by atoms with E-state index in [2.05, 4.69) is 10.6 Å². The van der Waals surface area contributed by atoms with E-state index >= 15 is 0 Å². The first-order valence-corrected chi connectivity index (χ1v) is 10.7. The van der Waals surface area contributed by atoms with E-state index in [0.717, 1.165) is 4.90 Å². The Morgan fingerprint density at radius 1 is 1.06 bits per heavy atom. The first-order chi connectivity index (χ1) is 14.6. The Kier molecular flexibility index (Phi) is 4.86. The maximum absolute atomic E-state index is 13.1. The van der Waals surface area contributed by atoms with Crippen LogP contribution in [0, 0.1) is 6.92 Å². The topological polar surface area (TPSA) is 150 Å². The van der Waals surface area contributed by atoms with Crippen molar-refractivity contribution in [2.45, 2.75) is 30.7 Å². The van der Waals surface area contributed by atoms with Gasteiger partial charge in [-0.25, -0.2) is 0 Å². The second-order valence-corrected chi connectivity index (χ2v) is 8.67. The Bertz CT molecular complexity index is 1270. The zero-order valence-electron chi connectivity index (χ0n) is 16.2. The van der Waals surface area contributed by atoms with Crippen molar-refractivity contribution < 1.29 is 32.1 Å². The highest BCUT2D eigenvalue weighted by Gasteiger charge is 2.45. The summed E-state index contributed by atoms with van der Waals surface area (Å²) in [7, 11) is -4.44. The van der Waals surface area contributed by atoms with Gasteiger partial charge in [0.2, 0.25) is 11.8 Å². The fourth-order valence-electron chi connectivity index (χ4n) is 3.66. The lowest BCUT2D eigenvalue weighted by Crippen LogP contribution is -2.54. The van der Waals surface area contributed by atoms with Gasteiger partial charge in [-0.2, -0.15) is 8.42 Å². The molecule has 11 heteroatoms. The number of rotatable bonds is 4. The molecule has 1 unspecified atom stereocenters. The van der Waals surface area contributed by atoms with Crippen LogP contribution in [-0.4, -0.2) is 47.5 Å². The molecule has 160 valence electrons. The quantitative estimate of drug-likeness (QED) is 0.474. The molecule has 3 N–H and O–H groups in total. The van der Waals surface area contributed by atoms with E-state index in [1.54, 1.807) is 13.0 Å². The third-order valence-electron chi connectivity index (χ3n) is 5.24. The summed E-state index contributed by atoms with van der Waals surface area (Å²) in [5.74, 6) is -2.52. The van der Waals surface area contributed by atoms with Crippen LogP contribution in [0.5, 0.6) is 0 Å². The van der Waals surface area contributed by atoms with Gasteiger partial charge < -0.3 is 5.32 Å². The second-order valence-electron chi connectivity index (χ2n) is 7.25. The lowest BCUT2D eigenvalue weighted by atomic mass is 10.0. The van der Waals surface area contributed by atoms with Gasteiger partial charge in [-0.15, -0.1) is 0 Å². The number of fused-ring (bicyclic) bond motifs is 1. The van der Waals surface area contributed by atoms with Gasteiger partial charge in [0.05, 0.1) is 21.7 Å². The predicted molar refractivity (Wildman–Crippen MR) is 107 cm³/mol. The van der Waals surface area contributed by atoms with Gasteiger partial charge in [-0.1, -0.05) is 12.1 Å². The molecule has 0 aliphatic carbocycles. The molecule has 2 aromatic carbocycles. The average molecular weight is 443 g/mol. The molecule has 2 heterocycles. The Morgan fingerprint density at radius 3 is 2.48 bits per heavy atom. The number of aryl methyl sites for hydroxylation is 1. The van der Waals surface area contributed by atoms with Crippen molar-refractivity contribution in [1.82, 2.24) is 10.2 Å². The fraction of sp³-hybridized carbons (Fsp3) is 0.200. The van der Waals surface area contributed by atoms with E-state index in [-0.39, 0.29) is 34.6 Å². The van der Waals surface area contributed by atoms with Crippen LogP contribution in [0.3, 0.4) is 0 Å². The van der Waals surface area contributed by atoms with E-state index in [9.17, 15) is 32.1 Å². The maximum Gasteiger partial charge on any atom is 0.294 e. The smallest absolute Gasteiger partial charge is 0.294 e. The number of piperidine rings is 1. The standard InChI is InChI=1S/C20H17N3O7S/c1-10-5-6-11(31(28,29)30)9-14(10)21-13-4-2-3-12-17(13)20(27)23(19(12)26)15-7-8-16(24)22-18(15)25/h2-6,9,15,21H,7-8H2,1H3,(H,22,24,25)(H,28,29,30). The van der Waals surface area contributed by atoms with Crippen LogP contribution in [0.15, 0.2) is 41.3 Å². The van der Waals surface area contributed by atoms with E-state index < -0.39 is 39.8 Å². The zero-order valence-corrected chi connectivity index (χ0v) is 17.0. The van der Waals surface area contributed by atoms with E-state index in [4.69, 9.17) is 0 Å². The number of anilines is 2. The fourth-order valence-corrected chi connectivity index (χ4v) is 4.17. The SMILES string of the molecule is Cc1ccc(S(=O)(=O)O)cc1Nc1cccc2c1C(=O)N(C1CCC(=O)NC1=O)C2=O. The lowest BCUT2D eigenvalue weighted by Gasteiger charge is -2.27. The number of nitrogens with zero attached hydrogens (tertiary/aromatic N) is 1. The number of carbonyl (C=O) groups is 4. The Labute approximate surface area is 177 Å². The van der Waals surface area contributed by atoms with Gasteiger partial charge in [-0.3, -0.25) is 33.9 Å². The molecule has 1 atom stereocenters. The van der Waals surface area contributed by atoms with E-state index in [0.29, 0.717) is 11.3 Å². The minimum absolute atomic E-state index is 0.0105. The normalized spacial score (nSPS) is 18.8. The van der Waals surface area contributed by atoms with Crippen LogP contribution in [0.1, 0.15) is 39.1 Å². The highest BCUT2D eigenvalue weighted by atomic mass is 32.2. The predicted octanol–water partition coefficient (Wildman–Crippen LogP) is 1.39. The number of imide groups is 2. The van der Waals surface area contributed by atoms with Gasteiger partial charge in [0.15, 0.2) is 0 Å². The summed E-state index contributed by atoms with van der Waals surface area (Å²) in [6.07, 6.45) is 0.0466. The molecule has 0 spiro atoms. The van der Waals surface area contributed by atoms with E-state index in [1.807, 2.05) is 0 Å². The molecule has 31 heavy (non-hydrogen) atoms. The van der Waals surface area contributed by atoms with Crippen molar-refractivity contribution >= 4 is 45.1 Å². The van der Waals surface area contributed by atoms with Crippen LogP contribution in [0.2, 0.25) is 0 Å². The number of nitrogens with one attached hydrogen (secondary N) is 2. The summed E-state index contributed by atoms with van der Waals surface area (Å²) in [5.41, 5.74) is 1.30. The molecule has 0 saturated carbocycles. The number of carbonyl (C=O) groups excluding carboxylic acids is 4. The van der Waals surface area contributed by atoms with Gasteiger partial charge in [0, 0.05) is 12.1 Å². The third-order valence-corrected chi connectivity index (χ3v) is 6.09. The molecule has 2 aliphatic heterocycles. The highest BCUT2D eigenvalue weighted by molar-refractivity contribution is 7.85. The van der Waals surface area contributed by atoms with Gasteiger partial charge in [-0.05, 0) is 43.2 Å². The summed E-state index contributed by atoms with van der Waals surface area (Å²) in [6.45, 7) is 1.70. The Balaban J connectivity index is 1.72. The van der Waals surface area contributed by atoms with Crippen LogP contribution in [0.25, 0.3) is 0 Å². The second kappa shape index (κ2) is 7.29. The Hall–Kier alpha value is -3.57. The molecule has 2 aromatic rings. The molecular weight excluding hydrogens is 426 g/mol. The Morgan fingerprint density at radius 2 is 1.81 bits per heavy atom. The van der Waals surface area contributed by atoms with Gasteiger partial charge in [0.1, 0.15) is 6.04 Å². The average Bonchev–Trinajstić information content (AvgIpc) is 2.94. The molecular formula is C20H17N3O7S. The largest absolute Gasteiger partial charge is 0.355 e.